The summed E-state index contributed by atoms with van der Waals surface area (Å²) in [7, 11) is 3.00. The van der Waals surface area contributed by atoms with E-state index in [1.165, 1.54) is 14.2 Å². The first kappa shape index (κ1) is 24.5. The Hall–Kier alpha value is -2.15. The smallest absolute Gasteiger partial charge is 0.163 e. The van der Waals surface area contributed by atoms with Crippen LogP contribution in [0.25, 0.3) is 0 Å². The number of benzene rings is 1. The summed E-state index contributed by atoms with van der Waals surface area (Å²) in [6.45, 7) is 7.61. The molecule has 3 rings (SSSR count). The molecule has 32 heavy (non-hydrogen) atoms. The van der Waals surface area contributed by atoms with Crippen molar-refractivity contribution in [3.05, 3.63) is 33.5 Å². The lowest BCUT2D eigenvalue weighted by Gasteiger charge is -2.39. The Morgan fingerprint density at radius 1 is 0.906 bits per heavy atom. The average Bonchev–Trinajstić information content (AvgIpc) is 2.63. The maximum absolute atomic E-state index is 13.3. The number of Topliss-reactive ketones (excluding diaryl/α,β-unsaturated/α-hetero) is 3. The van der Waals surface area contributed by atoms with Crippen LogP contribution in [0.3, 0.4) is 0 Å². The molecule has 174 valence electrons. The first-order valence-electron chi connectivity index (χ1n) is 10.7. The second kappa shape index (κ2) is 8.65. The third-order valence-electron chi connectivity index (χ3n) is 6.38. The molecule has 2 aliphatic rings. The number of hydrogen-bond donors (Lipinski definition) is 1. The molecule has 0 aromatic heterocycles. The van der Waals surface area contributed by atoms with Gasteiger partial charge in [-0.1, -0.05) is 27.7 Å². The van der Waals surface area contributed by atoms with Crippen molar-refractivity contribution in [3.63, 3.8) is 0 Å². The zero-order valence-electron chi connectivity index (χ0n) is 19.5. The third-order valence-corrected chi connectivity index (χ3v) is 7.00. The van der Waals surface area contributed by atoms with Crippen LogP contribution < -0.4 is 9.47 Å². The first-order chi connectivity index (χ1) is 14.8. The number of rotatable bonds is 5. The molecule has 1 aromatic carbocycles. The van der Waals surface area contributed by atoms with Gasteiger partial charge >= 0.3 is 0 Å². The van der Waals surface area contributed by atoms with Crippen molar-refractivity contribution in [2.45, 2.75) is 59.3 Å². The maximum atomic E-state index is 13.3. The van der Waals surface area contributed by atoms with Crippen LogP contribution >= 0.6 is 15.9 Å². The summed E-state index contributed by atoms with van der Waals surface area (Å²) in [5.41, 5.74) is -0.191. The van der Waals surface area contributed by atoms with Crippen LogP contribution in [0.2, 0.25) is 0 Å². The Labute approximate surface area is 197 Å². The number of ketones is 3. The quantitative estimate of drug-likeness (QED) is 0.543. The normalized spacial score (nSPS) is 22.2. The van der Waals surface area contributed by atoms with Gasteiger partial charge in [0.25, 0.3) is 0 Å². The highest BCUT2D eigenvalue weighted by Gasteiger charge is 2.49. The molecule has 0 saturated heterocycles. The average molecular weight is 507 g/mol. The van der Waals surface area contributed by atoms with Gasteiger partial charge in [-0.3, -0.25) is 14.4 Å². The van der Waals surface area contributed by atoms with Gasteiger partial charge in [-0.15, -0.1) is 0 Å². The van der Waals surface area contributed by atoms with Crippen molar-refractivity contribution in [3.8, 4) is 11.5 Å². The standard InChI is InChI=1S/C25H31BrO6/c1-24(2)9-15(27)22(16(28)10-24)21(23-17(29)11-25(3,4)12-18(23)30)13-7-14(26)20(32-6)8-19(13)31-5/h7-8,21-22,29H,9-12H2,1-6H3/t21-/m1/s1. The number of allylic oxidation sites excluding steroid dienone is 2. The molecule has 1 atom stereocenters. The summed E-state index contributed by atoms with van der Waals surface area (Å²) >= 11 is 3.47. The first-order valence-corrected chi connectivity index (χ1v) is 11.5. The molecule has 0 heterocycles. The fourth-order valence-electron chi connectivity index (χ4n) is 5.06. The van der Waals surface area contributed by atoms with Crippen LogP contribution in [0, 0.1) is 16.7 Å². The minimum atomic E-state index is -1.06. The second-order valence-corrected chi connectivity index (χ2v) is 11.3. The summed E-state index contributed by atoms with van der Waals surface area (Å²) < 4.78 is 11.6. The molecule has 0 radical (unpaired) electrons. The van der Waals surface area contributed by atoms with Crippen molar-refractivity contribution in [2.24, 2.45) is 16.7 Å². The molecular formula is C25H31BrO6. The van der Waals surface area contributed by atoms with E-state index in [-0.39, 0.29) is 47.9 Å². The number of halogens is 1. The van der Waals surface area contributed by atoms with Crippen molar-refractivity contribution in [1.82, 2.24) is 0 Å². The Balaban J connectivity index is 2.27. The molecule has 0 amide bonds. The van der Waals surface area contributed by atoms with Crippen LogP contribution in [0.4, 0.5) is 0 Å². The molecule has 0 unspecified atom stereocenters. The van der Waals surface area contributed by atoms with Gasteiger partial charge in [-0.2, -0.15) is 0 Å². The van der Waals surface area contributed by atoms with Crippen LogP contribution in [0.5, 0.6) is 11.5 Å². The van der Waals surface area contributed by atoms with Crippen LogP contribution in [-0.2, 0) is 14.4 Å². The lowest BCUT2D eigenvalue weighted by Crippen LogP contribution is -2.43. The molecule has 1 aromatic rings. The summed E-state index contributed by atoms with van der Waals surface area (Å²) in [6.07, 6.45) is 0.981. The number of carbonyl (C=O) groups is 3. The fourth-order valence-corrected chi connectivity index (χ4v) is 5.58. The predicted molar refractivity (Wildman–Crippen MR) is 124 cm³/mol. The topological polar surface area (TPSA) is 89.9 Å². The number of aliphatic hydroxyl groups excluding tert-OH is 1. The monoisotopic (exact) mass is 506 g/mol. The van der Waals surface area contributed by atoms with Gasteiger partial charge in [0.2, 0.25) is 0 Å². The van der Waals surface area contributed by atoms with E-state index in [1.807, 2.05) is 27.7 Å². The molecular weight excluding hydrogens is 476 g/mol. The van der Waals surface area contributed by atoms with E-state index >= 15 is 0 Å². The minimum absolute atomic E-state index is 0.0596. The molecule has 0 spiro atoms. The SMILES string of the molecule is COc1cc(OC)c([C@@H](C2=C(O)CC(C)(C)CC2=O)C2C(=O)CC(C)(C)CC2=O)cc1Br. The van der Waals surface area contributed by atoms with Crippen molar-refractivity contribution in [1.29, 1.82) is 0 Å². The fraction of sp³-hybridized carbons (Fsp3) is 0.560. The van der Waals surface area contributed by atoms with Crippen molar-refractivity contribution < 1.29 is 29.0 Å². The third kappa shape index (κ3) is 4.63. The number of hydrogen-bond acceptors (Lipinski definition) is 6. The summed E-state index contributed by atoms with van der Waals surface area (Å²) in [6, 6.07) is 3.37. The van der Waals surface area contributed by atoms with E-state index < -0.39 is 22.7 Å². The molecule has 1 N–H and O–H groups in total. The largest absolute Gasteiger partial charge is 0.512 e. The Kier molecular flexibility index (Phi) is 6.62. The Bertz CT molecular complexity index is 984. The molecule has 1 fully saturated rings. The van der Waals surface area contributed by atoms with Crippen LogP contribution in [-0.4, -0.2) is 36.7 Å². The van der Waals surface area contributed by atoms with Gasteiger partial charge in [-0.25, -0.2) is 0 Å². The van der Waals surface area contributed by atoms with E-state index in [0.717, 1.165) is 0 Å². The van der Waals surface area contributed by atoms with E-state index in [2.05, 4.69) is 15.9 Å². The predicted octanol–water partition coefficient (Wildman–Crippen LogP) is 5.33. The van der Waals surface area contributed by atoms with E-state index in [4.69, 9.17) is 9.47 Å². The number of carbonyl (C=O) groups excluding carboxylic acids is 3. The molecule has 0 aliphatic heterocycles. The van der Waals surface area contributed by atoms with Gasteiger partial charge in [-0.05, 0) is 32.8 Å². The van der Waals surface area contributed by atoms with E-state index in [0.29, 0.717) is 28.0 Å². The highest BCUT2D eigenvalue weighted by Crippen LogP contribution is 2.50. The highest BCUT2D eigenvalue weighted by atomic mass is 79.9. The van der Waals surface area contributed by atoms with Crippen molar-refractivity contribution in [2.75, 3.05) is 14.2 Å². The lowest BCUT2D eigenvalue weighted by atomic mass is 9.62. The van der Waals surface area contributed by atoms with E-state index in [1.54, 1.807) is 12.1 Å². The Morgan fingerprint density at radius 2 is 1.44 bits per heavy atom. The lowest BCUT2D eigenvalue weighted by molar-refractivity contribution is -0.140. The summed E-state index contributed by atoms with van der Waals surface area (Å²) in [4.78, 5) is 39.9. The zero-order chi connectivity index (χ0) is 24.0. The molecule has 1 saturated carbocycles. The number of aliphatic hydroxyl groups is 1. The summed E-state index contributed by atoms with van der Waals surface area (Å²) in [5.74, 6) is -1.82. The van der Waals surface area contributed by atoms with Gasteiger partial charge in [0, 0.05) is 48.8 Å². The minimum Gasteiger partial charge on any atom is -0.512 e. The second-order valence-electron chi connectivity index (χ2n) is 10.4. The molecule has 2 aliphatic carbocycles. The van der Waals surface area contributed by atoms with Gasteiger partial charge in [0.15, 0.2) is 5.78 Å². The van der Waals surface area contributed by atoms with Gasteiger partial charge < -0.3 is 14.6 Å². The number of methoxy groups -OCH3 is 2. The molecule has 6 nitrogen and oxygen atoms in total. The van der Waals surface area contributed by atoms with Gasteiger partial charge in [0.1, 0.15) is 28.8 Å². The Morgan fingerprint density at radius 3 is 1.94 bits per heavy atom. The molecule has 7 heteroatoms. The maximum Gasteiger partial charge on any atom is 0.163 e. The molecule has 0 bridgehead atoms. The van der Waals surface area contributed by atoms with Crippen LogP contribution in [0.15, 0.2) is 27.9 Å². The highest BCUT2D eigenvalue weighted by molar-refractivity contribution is 9.10. The van der Waals surface area contributed by atoms with Crippen molar-refractivity contribution >= 4 is 33.3 Å². The van der Waals surface area contributed by atoms with Crippen LogP contribution in [0.1, 0.15) is 64.9 Å². The van der Waals surface area contributed by atoms with E-state index in [9.17, 15) is 19.5 Å². The zero-order valence-corrected chi connectivity index (χ0v) is 21.1. The number of ether oxygens (including phenoxy) is 2. The van der Waals surface area contributed by atoms with Gasteiger partial charge in [0.05, 0.1) is 24.6 Å². The summed E-state index contributed by atoms with van der Waals surface area (Å²) in [5, 5.41) is 11.0.